The van der Waals surface area contributed by atoms with Crippen LogP contribution in [-0.4, -0.2) is 0 Å². The van der Waals surface area contributed by atoms with Gasteiger partial charge in [0, 0.05) is 73.3 Å². The Kier molecular flexibility index (Phi) is 13.7. The van der Waals surface area contributed by atoms with Crippen LogP contribution in [0, 0.1) is 6.92 Å². The molecule has 2 nitrogen and oxygen atoms in total. The van der Waals surface area contributed by atoms with E-state index in [4.69, 9.17) is 0 Å². The maximum Gasteiger partial charge on any atom is 0.0640 e. The molecule has 0 saturated carbocycles. The average molecular weight is 1260 g/mol. The molecule has 0 saturated heterocycles. The molecule has 6 heteroatoms. The third-order valence-electron chi connectivity index (χ3n) is 19.4. The van der Waals surface area contributed by atoms with Gasteiger partial charge in [-0.1, -0.05) is 202 Å². The summed E-state index contributed by atoms with van der Waals surface area (Å²) in [6.45, 7) is 6.77. The Morgan fingerprint density at radius 3 is 1.24 bits per heavy atom. The molecule has 18 aromatic rings. The van der Waals surface area contributed by atoms with E-state index in [9.17, 15) is 0 Å². The number of nitrogens with zero attached hydrogens (tertiary/aromatic N) is 2. The molecule has 0 radical (unpaired) electrons. The second kappa shape index (κ2) is 22.7. The number of anilines is 6. The zero-order valence-electron chi connectivity index (χ0n) is 51.8. The number of aryl methyl sites for hydroxylation is 5. The summed E-state index contributed by atoms with van der Waals surface area (Å²) in [6.07, 6.45) is 3.90. The zero-order valence-corrected chi connectivity index (χ0v) is 55.1. The van der Waals surface area contributed by atoms with Gasteiger partial charge in [-0.05, 0) is 189 Å². The second-order valence-corrected chi connectivity index (χ2v) is 29.0. The van der Waals surface area contributed by atoms with E-state index in [0.717, 1.165) is 37.1 Å². The lowest BCUT2D eigenvalue weighted by molar-refractivity contribution is 0.936. The van der Waals surface area contributed by atoms with Crippen LogP contribution in [0.3, 0.4) is 0 Å². The summed E-state index contributed by atoms with van der Waals surface area (Å²) in [6, 6.07) is 103. The number of hydrogen-bond acceptors (Lipinski definition) is 6. The van der Waals surface area contributed by atoms with Crippen LogP contribution in [0.15, 0.2) is 273 Å². The lowest BCUT2D eigenvalue weighted by Crippen LogP contribution is -2.10. The van der Waals surface area contributed by atoms with Crippen LogP contribution in [0.5, 0.6) is 0 Å². The lowest BCUT2D eigenvalue weighted by Gasteiger charge is -2.27. The van der Waals surface area contributed by atoms with E-state index < -0.39 is 0 Å². The van der Waals surface area contributed by atoms with E-state index in [1.54, 1.807) is 0 Å². The normalized spacial score (nSPS) is 12.0. The Bertz CT molecular complexity index is 5990. The first-order valence-corrected chi connectivity index (χ1v) is 35.7. The van der Waals surface area contributed by atoms with Crippen LogP contribution in [-0.2, 0) is 25.7 Å². The van der Waals surface area contributed by atoms with Gasteiger partial charge in [0.2, 0.25) is 0 Å². The first kappa shape index (κ1) is 55.9. The van der Waals surface area contributed by atoms with Gasteiger partial charge in [-0.2, -0.15) is 0 Å². The largest absolute Gasteiger partial charge is 0.308 e. The van der Waals surface area contributed by atoms with Gasteiger partial charge in [0.1, 0.15) is 0 Å². The quantitative estimate of drug-likeness (QED) is 0.114. The molecule has 14 aromatic carbocycles. The van der Waals surface area contributed by atoms with Crippen molar-refractivity contribution in [1.82, 2.24) is 0 Å². The molecule has 0 atom stereocenters. The van der Waals surface area contributed by atoms with Crippen LogP contribution >= 0.6 is 45.3 Å². The lowest BCUT2D eigenvalue weighted by atomic mass is 9.95. The predicted molar refractivity (Wildman–Crippen MR) is 411 cm³/mol. The Hall–Kier alpha value is -9.92. The smallest absolute Gasteiger partial charge is 0.0640 e. The second-order valence-electron chi connectivity index (χ2n) is 24.8. The molecule has 0 N–H and O–H groups in total. The highest BCUT2D eigenvalue weighted by atomic mass is 32.1. The topological polar surface area (TPSA) is 6.48 Å². The monoisotopic (exact) mass is 1260 g/mol. The van der Waals surface area contributed by atoms with E-state index in [1.165, 1.54) is 175 Å². The average Bonchev–Trinajstić information content (AvgIpc) is 1.65. The molecule has 0 aliphatic heterocycles. The Labute approximate surface area is 556 Å². The van der Waals surface area contributed by atoms with Crippen LogP contribution in [0.2, 0.25) is 0 Å². The molecule has 0 fully saturated rings. The van der Waals surface area contributed by atoms with Crippen LogP contribution in [0.4, 0.5) is 34.1 Å². The molecule has 0 unspecified atom stereocenters. The highest BCUT2D eigenvalue weighted by Crippen LogP contribution is 2.52. The van der Waals surface area contributed by atoms with Crippen molar-refractivity contribution in [2.24, 2.45) is 0 Å². The van der Waals surface area contributed by atoms with Crippen LogP contribution < -0.4 is 9.80 Å². The highest BCUT2D eigenvalue weighted by Gasteiger charge is 2.25. The van der Waals surface area contributed by atoms with Gasteiger partial charge < -0.3 is 9.80 Å². The first-order chi connectivity index (χ1) is 45.9. The molecule has 0 aliphatic carbocycles. The minimum atomic E-state index is 0.947. The van der Waals surface area contributed by atoms with Crippen molar-refractivity contribution >= 4 is 182 Å². The summed E-state index contributed by atoms with van der Waals surface area (Å²) < 4.78 is 10.5. The number of fused-ring (bicyclic) bond motifs is 14. The van der Waals surface area contributed by atoms with Crippen LogP contribution in [0.1, 0.15) is 41.7 Å². The highest BCUT2D eigenvalue weighted by molar-refractivity contribution is 7.28. The number of rotatable bonds is 13. The number of hydrogen-bond donors (Lipinski definition) is 0. The molecule has 0 spiro atoms. The molecule has 444 valence electrons. The molecule has 18 rings (SSSR count). The summed E-state index contributed by atoms with van der Waals surface area (Å²) >= 11 is 7.68. The fraction of sp³-hybridized carbons (Fsp3) is 0.0805. The summed E-state index contributed by atoms with van der Waals surface area (Å²) in [5.41, 5.74) is 18.9. The molecule has 4 heterocycles. The van der Waals surface area contributed by atoms with Gasteiger partial charge in [-0.15, -0.1) is 45.3 Å². The molecular weight excluding hydrogens is 1200 g/mol. The Morgan fingerprint density at radius 2 is 0.710 bits per heavy atom. The molecule has 4 aromatic heterocycles. The maximum atomic E-state index is 2.54. The minimum Gasteiger partial charge on any atom is -0.308 e. The van der Waals surface area contributed by atoms with E-state index in [-0.39, 0.29) is 0 Å². The fourth-order valence-corrected chi connectivity index (χ4v) is 19.7. The van der Waals surface area contributed by atoms with Crippen molar-refractivity contribution < 1.29 is 0 Å². The van der Waals surface area contributed by atoms with E-state index in [2.05, 4.69) is 304 Å². The van der Waals surface area contributed by atoms with Gasteiger partial charge in [-0.3, -0.25) is 0 Å². The summed E-state index contributed by atoms with van der Waals surface area (Å²) in [7, 11) is 0. The summed E-state index contributed by atoms with van der Waals surface area (Å²) in [5.74, 6) is 0. The van der Waals surface area contributed by atoms with Gasteiger partial charge in [0.15, 0.2) is 0 Å². The van der Waals surface area contributed by atoms with Crippen molar-refractivity contribution in [2.45, 2.75) is 46.5 Å². The third-order valence-corrected chi connectivity index (χ3v) is 24.2. The molecular formula is C87H62N2S4. The Morgan fingerprint density at radius 1 is 0.280 bits per heavy atom. The number of benzene rings is 14. The van der Waals surface area contributed by atoms with Gasteiger partial charge in [0.25, 0.3) is 0 Å². The van der Waals surface area contributed by atoms with E-state index >= 15 is 0 Å². The molecule has 0 bridgehead atoms. The van der Waals surface area contributed by atoms with Gasteiger partial charge in [-0.25, -0.2) is 0 Å². The zero-order chi connectivity index (χ0) is 61.8. The summed E-state index contributed by atoms with van der Waals surface area (Å²) in [4.78, 5) is 5.08. The third kappa shape index (κ3) is 9.44. The van der Waals surface area contributed by atoms with Crippen LogP contribution in [0.25, 0.3) is 124 Å². The minimum absolute atomic E-state index is 0.947. The van der Waals surface area contributed by atoms with Crippen molar-refractivity contribution in [3.05, 3.63) is 301 Å². The standard InChI is InChI=1S/C87H62N2S4/c1-4-54-34-46-69-71-25-13-29-77(85(71)92-82(69)50-54)88(62-41-37-59(38-42-62)66-22-10-18-57-16-6-8-20-64(57)66)78-30-14-26-72-74-49-55(35-47-80(74)90-86(72)78)33-36-61-51-75-73-27-15-31-79(87(73)93-83(75)52-56(61)5-2)89(76-28-12-24-70-68-45-32-53(3)48-81(68)91-84(70)76)63-43-39-60(40-44-63)67-23-11-19-58-17-7-9-21-65(58)67/h6-32,34-35,37-52H,4-5,33,36H2,1-3H3. The molecule has 0 aliphatic rings. The van der Waals surface area contributed by atoms with Gasteiger partial charge >= 0.3 is 0 Å². The maximum absolute atomic E-state index is 2.54. The molecule has 0 amide bonds. The predicted octanol–water partition coefficient (Wildman–Crippen LogP) is 27.0. The van der Waals surface area contributed by atoms with Crippen molar-refractivity contribution in [1.29, 1.82) is 0 Å². The van der Waals surface area contributed by atoms with Crippen molar-refractivity contribution in [2.75, 3.05) is 9.80 Å². The molecule has 93 heavy (non-hydrogen) atoms. The van der Waals surface area contributed by atoms with Gasteiger partial charge in [0.05, 0.1) is 41.5 Å². The van der Waals surface area contributed by atoms with Crippen molar-refractivity contribution in [3.63, 3.8) is 0 Å². The van der Waals surface area contributed by atoms with E-state index in [0.29, 0.717) is 0 Å². The first-order valence-electron chi connectivity index (χ1n) is 32.4. The Balaban J connectivity index is 0.713. The summed E-state index contributed by atoms with van der Waals surface area (Å²) in [5, 5.41) is 15.5. The van der Waals surface area contributed by atoms with Crippen molar-refractivity contribution in [3.8, 4) is 22.3 Å². The SMILES string of the molecule is CCc1ccc2c(c1)sc1c(N(c3ccc(-c4cccc5ccccc45)cc3)c3cccc4c3sc3ccc(CCc5cc6c(cc5CC)sc5c(N(c7ccc(-c8cccc9ccccc89)cc7)c7cccc8c7sc7cc(C)ccc78)cccc56)cc34)cccc12. The number of thiophene rings is 4. The fourth-order valence-electron chi connectivity index (χ4n) is 14.7. The van der Waals surface area contributed by atoms with E-state index in [1.807, 2.05) is 45.3 Å².